The number of halogens is 1. The number of benzene rings is 1. The molecule has 0 spiro atoms. The number of aromatic nitrogens is 2. The Balaban J connectivity index is 2.59. The minimum absolute atomic E-state index is 0.184. The van der Waals surface area contributed by atoms with Crippen molar-refractivity contribution in [1.29, 1.82) is 0 Å². The number of methoxy groups -OCH3 is 1. The first-order valence-electron chi connectivity index (χ1n) is 5.02. The zero-order chi connectivity index (χ0) is 11.7. The van der Waals surface area contributed by atoms with Gasteiger partial charge in [0.15, 0.2) is 0 Å². The molecule has 0 aliphatic rings. The van der Waals surface area contributed by atoms with Gasteiger partial charge in [-0.2, -0.15) is 0 Å². The highest BCUT2D eigenvalue weighted by molar-refractivity contribution is 6.31. The van der Waals surface area contributed by atoms with E-state index in [2.05, 4.69) is 4.98 Å². The zero-order valence-corrected chi connectivity index (χ0v) is 10.0. The van der Waals surface area contributed by atoms with Crippen molar-refractivity contribution >= 4 is 22.6 Å². The third kappa shape index (κ3) is 1.80. The van der Waals surface area contributed by atoms with E-state index in [0.29, 0.717) is 11.6 Å². The van der Waals surface area contributed by atoms with Gasteiger partial charge < -0.3 is 15.0 Å². The molecule has 16 heavy (non-hydrogen) atoms. The molecule has 0 fully saturated rings. The van der Waals surface area contributed by atoms with E-state index in [1.807, 2.05) is 29.8 Å². The van der Waals surface area contributed by atoms with E-state index in [9.17, 15) is 0 Å². The minimum Gasteiger partial charge on any atom is -0.372 e. The Bertz CT molecular complexity index is 505. The summed E-state index contributed by atoms with van der Waals surface area (Å²) in [6.45, 7) is 0.404. The Hall–Kier alpha value is -1.10. The van der Waals surface area contributed by atoms with E-state index in [4.69, 9.17) is 22.1 Å². The number of fused-ring (bicyclic) bond motifs is 1. The van der Waals surface area contributed by atoms with Gasteiger partial charge in [0.05, 0.1) is 11.0 Å². The van der Waals surface area contributed by atoms with Crippen molar-refractivity contribution in [2.24, 2.45) is 12.8 Å². The van der Waals surface area contributed by atoms with Gasteiger partial charge in [-0.05, 0) is 18.2 Å². The molecule has 2 rings (SSSR count). The normalized spacial score (nSPS) is 13.2. The van der Waals surface area contributed by atoms with Crippen LogP contribution in [0.5, 0.6) is 0 Å². The van der Waals surface area contributed by atoms with E-state index < -0.39 is 0 Å². The van der Waals surface area contributed by atoms with Crippen molar-refractivity contribution < 1.29 is 4.74 Å². The summed E-state index contributed by atoms with van der Waals surface area (Å²) in [6, 6.07) is 5.60. The van der Waals surface area contributed by atoms with Crippen LogP contribution in [0.2, 0.25) is 5.02 Å². The molecule has 0 aliphatic heterocycles. The van der Waals surface area contributed by atoms with Crippen molar-refractivity contribution in [3.05, 3.63) is 29.0 Å². The molecule has 2 N–H and O–H groups in total. The SMILES string of the molecule is COC(CN)c1nc2ccc(Cl)cc2n1C. The summed E-state index contributed by atoms with van der Waals surface area (Å²) in [6.07, 6.45) is -0.184. The first kappa shape index (κ1) is 11.4. The van der Waals surface area contributed by atoms with E-state index in [1.165, 1.54) is 0 Å². The molecule has 86 valence electrons. The molecule has 5 heteroatoms. The molecule has 0 radical (unpaired) electrons. The van der Waals surface area contributed by atoms with Gasteiger partial charge in [-0.25, -0.2) is 4.98 Å². The number of imidazole rings is 1. The molecule has 0 saturated carbocycles. The monoisotopic (exact) mass is 239 g/mol. The third-order valence-electron chi connectivity index (χ3n) is 2.66. The van der Waals surface area contributed by atoms with Crippen molar-refractivity contribution in [2.75, 3.05) is 13.7 Å². The molecule has 1 heterocycles. The van der Waals surface area contributed by atoms with E-state index in [-0.39, 0.29) is 6.10 Å². The topological polar surface area (TPSA) is 53.1 Å². The lowest BCUT2D eigenvalue weighted by Gasteiger charge is -2.12. The predicted octanol–water partition coefficient (Wildman–Crippen LogP) is 1.87. The van der Waals surface area contributed by atoms with Crippen LogP contribution in [0, 0.1) is 0 Å². The van der Waals surface area contributed by atoms with Crippen LogP contribution >= 0.6 is 11.6 Å². The number of hydrogen-bond donors (Lipinski definition) is 1. The van der Waals surface area contributed by atoms with Gasteiger partial charge in [-0.15, -0.1) is 0 Å². The second-order valence-corrected chi connectivity index (χ2v) is 4.06. The maximum Gasteiger partial charge on any atom is 0.140 e. The number of nitrogens with two attached hydrogens (primary N) is 1. The Labute approximate surface area is 99.0 Å². The van der Waals surface area contributed by atoms with Crippen LogP contribution in [-0.4, -0.2) is 23.2 Å². The van der Waals surface area contributed by atoms with Gasteiger partial charge in [0.1, 0.15) is 11.9 Å². The van der Waals surface area contributed by atoms with Crippen LogP contribution in [0.4, 0.5) is 0 Å². The second kappa shape index (κ2) is 4.41. The van der Waals surface area contributed by atoms with Gasteiger partial charge in [0, 0.05) is 25.7 Å². The fraction of sp³-hybridized carbons (Fsp3) is 0.364. The number of rotatable bonds is 3. The molecule has 0 bridgehead atoms. The molecule has 2 aromatic rings. The molecule has 1 aromatic heterocycles. The van der Waals surface area contributed by atoms with Crippen LogP contribution < -0.4 is 5.73 Å². The van der Waals surface area contributed by atoms with Crippen LogP contribution in [0.1, 0.15) is 11.9 Å². The Morgan fingerprint density at radius 2 is 2.31 bits per heavy atom. The van der Waals surface area contributed by atoms with Crippen LogP contribution in [-0.2, 0) is 11.8 Å². The fourth-order valence-corrected chi connectivity index (χ4v) is 1.94. The second-order valence-electron chi connectivity index (χ2n) is 3.62. The standard InChI is InChI=1S/C11H14ClN3O/c1-15-9-5-7(12)3-4-8(9)14-11(15)10(6-13)16-2/h3-5,10H,6,13H2,1-2H3. The van der Waals surface area contributed by atoms with Gasteiger partial charge >= 0.3 is 0 Å². The molecule has 4 nitrogen and oxygen atoms in total. The summed E-state index contributed by atoms with van der Waals surface area (Å²) in [5, 5.41) is 0.698. The van der Waals surface area contributed by atoms with Crippen molar-refractivity contribution in [3.8, 4) is 0 Å². The Morgan fingerprint density at radius 3 is 2.94 bits per heavy atom. The lowest BCUT2D eigenvalue weighted by atomic mass is 10.3. The molecule has 1 unspecified atom stereocenters. The number of aryl methyl sites for hydroxylation is 1. The third-order valence-corrected chi connectivity index (χ3v) is 2.90. The summed E-state index contributed by atoms with van der Waals surface area (Å²) in [5.74, 6) is 0.822. The molecule has 0 saturated heterocycles. The summed E-state index contributed by atoms with van der Waals surface area (Å²) in [4.78, 5) is 4.49. The molecular formula is C11H14ClN3O. The van der Waals surface area contributed by atoms with E-state index >= 15 is 0 Å². The number of nitrogens with zero attached hydrogens (tertiary/aromatic N) is 2. The van der Waals surface area contributed by atoms with Gasteiger partial charge in [-0.3, -0.25) is 0 Å². The fourth-order valence-electron chi connectivity index (χ4n) is 1.78. The highest BCUT2D eigenvalue weighted by Gasteiger charge is 2.16. The summed E-state index contributed by atoms with van der Waals surface area (Å²) < 4.78 is 7.25. The van der Waals surface area contributed by atoms with Crippen LogP contribution in [0.25, 0.3) is 11.0 Å². The van der Waals surface area contributed by atoms with Crippen molar-refractivity contribution in [2.45, 2.75) is 6.10 Å². The molecule has 0 aliphatic carbocycles. The Morgan fingerprint density at radius 1 is 1.56 bits per heavy atom. The highest BCUT2D eigenvalue weighted by atomic mass is 35.5. The summed E-state index contributed by atoms with van der Waals surface area (Å²) in [5.41, 5.74) is 7.52. The van der Waals surface area contributed by atoms with Crippen molar-refractivity contribution in [1.82, 2.24) is 9.55 Å². The average molecular weight is 240 g/mol. The first-order chi connectivity index (χ1) is 7.67. The maximum atomic E-state index is 5.95. The van der Waals surface area contributed by atoms with Crippen LogP contribution in [0.3, 0.4) is 0 Å². The number of hydrogen-bond acceptors (Lipinski definition) is 3. The van der Waals surface area contributed by atoms with Crippen molar-refractivity contribution in [3.63, 3.8) is 0 Å². The smallest absolute Gasteiger partial charge is 0.140 e. The molecule has 1 atom stereocenters. The molecule has 0 amide bonds. The first-order valence-corrected chi connectivity index (χ1v) is 5.40. The number of ether oxygens (including phenoxy) is 1. The highest BCUT2D eigenvalue weighted by Crippen LogP contribution is 2.23. The minimum atomic E-state index is -0.184. The summed E-state index contributed by atoms with van der Waals surface area (Å²) in [7, 11) is 3.56. The van der Waals surface area contributed by atoms with Gasteiger partial charge in [0.2, 0.25) is 0 Å². The molecule has 1 aromatic carbocycles. The summed E-state index contributed by atoms with van der Waals surface area (Å²) >= 11 is 5.95. The van der Waals surface area contributed by atoms with Crippen LogP contribution in [0.15, 0.2) is 18.2 Å². The largest absolute Gasteiger partial charge is 0.372 e. The Kier molecular flexibility index (Phi) is 3.14. The quantitative estimate of drug-likeness (QED) is 0.890. The zero-order valence-electron chi connectivity index (χ0n) is 9.27. The van der Waals surface area contributed by atoms with E-state index in [1.54, 1.807) is 7.11 Å². The lowest BCUT2D eigenvalue weighted by Crippen LogP contribution is -2.17. The van der Waals surface area contributed by atoms with E-state index in [0.717, 1.165) is 16.9 Å². The molecular weight excluding hydrogens is 226 g/mol. The maximum absolute atomic E-state index is 5.95. The lowest BCUT2D eigenvalue weighted by molar-refractivity contribution is 0.101. The van der Waals surface area contributed by atoms with Gasteiger partial charge in [0.25, 0.3) is 0 Å². The predicted molar refractivity (Wildman–Crippen MR) is 64.5 cm³/mol. The van der Waals surface area contributed by atoms with Gasteiger partial charge in [-0.1, -0.05) is 11.6 Å². The average Bonchev–Trinajstić information content (AvgIpc) is 2.59.